The monoisotopic (exact) mass is 278 g/mol. The van der Waals surface area contributed by atoms with Gasteiger partial charge in [0.2, 0.25) is 0 Å². The van der Waals surface area contributed by atoms with E-state index in [-0.39, 0.29) is 4.90 Å². The number of benzene rings is 2. The van der Waals surface area contributed by atoms with Crippen molar-refractivity contribution in [2.24, 2.45) is 0 Å². The number of hydrogen-bond donors (Lipinski definition) is 1. The first-order valence-corrected chi connectivity index (χ1v) is 7.66. The highest BCUT2D eigenvalue weighted by atomic mass is 32.2. The van der Waals surface area contributed by atoms with Gasteiger partial charge >= 0.3 is 5.97 Å². The first-order valence-electron chi connectivity index (χ1n) is 5.77. The summed E-state index contributed by atoms with van der Waals surface area (Å²) in [4.78, 5) is 11.2. The third-order valence-corrected chi connectivity index (χ3v) is 4.31. The predicted molar refractivity (Wildman–Crippen MR) is 73.1 cm³/mol. The van der Waals surface area contributed by atoms with Crippen molar-refractivity contribution < 1.29 is 18.3 Å². The van der Waals surface area contributed by atoms with Gasteiger partial charge in [-0.1, -0.05) is 36.4 Å². The molecule has 0 fully saturated rings. The van der Waals surface area contributed by atoms with E-state index in [9.17, 15) is 13.2 Å². The molecule has 2 rings (SSSR count). The fraction of sp³-hybridized carbons (Fsp3) is 0.214. The lowest BCUT2D eigenvalue weighted by Crippen LogP contribution is -2.12. The minimum absolute atomic E-state index is 0.112. The molecule has 2 aromatic rings. The molecule has 100 valence electrons. The van der Waals surface area contributed by atoms with E-state index in [1.165, 1.54) is 6.92 Å². The quantitative estimate of drug-likeness (QED) is 0.936. The summed E-state index contributed by atoms with van der Waals surface area (Å²) in [5, 5.41) is 10.4. The zero-order chi connectivity index (χ0) is 14.2. The van der Waals surface area contributed by atoms with Crippen LogP contribution < -0.4 is 0 Å². The molecule has 4 nitrogen and oxygen atoms in total. The SMILES string of the molecule is CC(C(=O)O)c1ccc2ccccc2c1S(C)(=O)=O. The van der Waals surface area contributed by atoms with Crippen molar-refractivity contribution in [3.8, 4) is 0 Å². The van der Waals surface area contributed by atoms with Crippen molar-refractivity contribution in [2.45, 2.75) is 17.7 Å². The van der Waals surface area contributed by atoms with Gasteiger partial charge in [-0.3, -0.25) is 4.79 Å². The summed E-state index contributed by atoms with van der Waals surface area (Å²) in [6.45, 7) is 1.49. The average molecular weight is 278 g/mol. The molecule has 0 spiro atoms. The third-order valence-electron chi connectivity index (χ3n) is 3.12. The average Bonchev–Trinajstić information content (AvgIpc) is 2.35. The van der Waals surface area contributed by atoms with Crippen LogP contribution in [0.25, 0.3) is 10.8 Å². The summed E-state index contributed by atoms with van der Waals surface area (Å²) in [5.74, 6) is -1.91. The molecule has 5 heteroatoms. The van der Waals surface area contributed by atoms with Gasteiger partial charge in [0, 0.05) is 11.6 Å². The van der Waals surface area contributed by atoms with Gasteiger partial charge in [0.1, 0.15) is 0 Å². The Morgan fingerprint density at radius 3 is 2.37 bits per heavy atom. The molecule has 0 aliphatic rings. The van der Waals surface area contributed by atoms with Gasteiger partial charge in [-0.25, -0.2) is 8.42 Å². The van der Waals surface area contributed by atoms with Crippen molar-refractivity contribution in [2.75, 3.05) is 6.26 Å². The molecule has 19 heavy (non-hydrogen) atoms. The van der Waals surface area contributed by atoms with Gasteiger partial charge in [-0.15, -0.1) is 0 Å². The molecule has 0 amide bonds. The van der Waals surface area contributed by atoms with Gasteiger partial charge in [0.05, 0.1) is 10.8 Å². The number of aliphatic carboxylic acids is 1. The van der Waals surface area contributed by atoms with E-state index in [2.05, 4.69) is 0 Å². The van der Waals surface area contributed by atoms with Crippen LogP contribution in [0, 0.1) is 0 Å². The second-order valence-electron chi connectivity index (χ2n) is 4.54. The Morgan fingerprint density at radius 1 is 1.16 bits per heavy atom. The van der Waals surface area contributed by atoms with Crippen LogP contribution in [0.15, 0.2) is 41.3 Å². The van der Waals surface area contributed by atoms with E-state index in [0.717, 1.165) is 11.6 Å². The van der Waals surface area contributed by atoms with E-state index >= 15 is 0 Å². The minimum Gasteiger partial charge on any atom is -0.481 e. The summed E-state index contributed by atoms with van der Waals surface area (Å²) in [7, 11) is -3.50. The maximum absolute atomic E-state index is 12.0. The molecule has 1 unspecified atom stereocenters. The van der Waals surface area contributed by atoms with E-state index in [1.807, 2.05) is 6.07 Å². The Hall–Kier alpha value is -1.88. The smallest absolute Gasteiger partial charge is 0.310 e. The lowest BCUT2D eigenvalue weighted by molar-refractivity contribution is -0.138. The number of sulfone groups is 1. The van der Waals surface area contributed by atoms with Crippen molar-refractivity contribution in [1.82, 2.24) is 0 Å². The fourth-order valence-electron chi connectivity index (χ4n) is 2.15. The topological polar surface area (TPSA) is 71.4 Å². The van der Waals surface area contributed by atoms with Crippen LogP contribution in [-0.4, -0.2) is 25.7 Å². The van der Waals surface area contributed by atoms with Gasteiger partial charge in [0.25, 0.3) is 0 Å². The lowest BCUT2D eigenvalue weighted by atomic mass is 9.98. The molecule has 0 aliphatic heterocycles. The third kappa shape index (κ3) is 2.46. The van der Waals surface area contributed by atoms with E-state index in [4.69, 9.17) is 5.11 Å². The number of hydrogen-bond acceptors (Lipinski definition) is 3. The molecule has 0 radical (unpaired) electrons. The Balaban J connectivity index is 2.90. The largest absolute Gasteiger partial charge is 0.481 e. The highest BCUT2D eigenvalue weighted by molar-refractivity contribution is 7.91. The maximum atomic E-state index is 12.0. The molecule has 0 heterocycles. The number of carboxylic acid groups (broad SMARTS) is 1. The Bertz CT molecular complexity index is 747. The second kappa shape index (κ2) is 4.66. The second-order valence-corrected chi connectivity index (χ2v) is 6.49. The molecular weight excluding hydrogens is 264 g/mol. The zero-order valence-corrected chi connectivity index (χ0v) is 11.4. The van der Waals surface area contributed by atoms with Gasteiger partial charge in [-0.05, 0) is 17.9 Å². The predicted octanol–water partition coefficient (Wildman–Crippen LogP) is 2.43. The summed E-state index contributed by atoms with van der Waals surface area (Å²) >= 11 is 0. The van der Waals surface area contributed by atoms with Crippen LogP contribution in [0.3, 0.4) is 0 Å². The molecule has 1 atom stereocenters. The van der Waals surface area contributed by atoms with Crippen LogP contribution >= 0.6 is 0 Å². The molecule has 0 aromatic heterocycles. The lowest BCUT2D eigenvalue weighted by Gasteiger charge is -2.14. The van der Waals surface area contributed by atoms with Crippen LogP contribution in [-0.2, 0) is 14.6 Å². The zero-order valence-electron chi connectivity index (χ0n) is 10.6. The Morgan fingerprint density at radius 2 is 1.79 bits per heavy atom. The van der Waals surface area contributed by atoms with Crippen LogP contribution in [0.5, 0.6) is 0 Å². The molecule has 2 aromatic carbocycles. The van der Waals surface area contributed by atoms with Crippen molar-refractivity contribution in [3.63, 3.8) is 0 Å². The van der Waals surface area contributed by atoms with Crippen LogP contribution in [0.2, 0.25) is 0 Å². The van der Waals surface area contributed by atoms with Crippen molar-refractivity contribution >= 4 is 26.6 Å². The molecule has 0 saturated carbocycles. The normalized spacial score (nSPS) is 13.4. The van der Waals surface area contributed by atoms with Crippen molar-refractivity contribution in [1.29, 1.82) is 0 Å². The van der Waals surface area contributed by atoms with Crippen LogP contribution in [0.4, 0.5) is 0 Å². The number of carboxylic acids is 1. The number of rotatable bonds is 3. The summed E-state index contributed by atoms with van der Waals surface area (Å²) in [6.07, 6.45) is 1.10. The highest BCUT2D eigenvalue weighted by Gasteiger charge is 2.24. The summed E-state index contributed by atoms with van der Waals surface area (Å²) in [6, 6.07) is 10.4. The maximum Gasteiger partial charge on any atom is 0.310 e. The van der Waals surface area contributed by atoms with E-state index < -0.39 is 21.7 Å². The molecular formula is C14H14O4S. The van der Waals surface area contributed by atoms with Crippen molar-refractivity contribution in [3.05, 3.63) is 42.0 Å². The molecule has 1 N–H and O–H groups in total. The van der Waals surface area contributed by atoms with Gasteiger partial charge in [0.15, 0.2) is 9.84 Å². The first kappa shape index (κ1) is 13.5. The van der Waals surface area contributed by atoms with Gasteiger partial charge in [-0.2, -0.15) is 0 Å². The molecule has 0 saturated heterocycles. The Kier molecular flexibility index (Phi) is 3.32. The first-order chi connectivity index (χ1) is 8.82. The fourth-order valence-corrected chi connectivity index (χ4v) is 3.41. The van der Waals surface area contributed by atoms with Gasteiger partial charge < -0.3 is 5.11 Å². The molecule has 0 aliphatic carbocycles. The number of fused-ring (bicyclic) bond motifs is 1. The summed E-state index contributed by atoms with van der Waals surface area (Å²) in [5.41, 5.74) is 0.328. The van der Waals surface area contributed by atoms with E-state index in [0.29, 0.717) is 10.9 Å². The summed E-state index contributed by atoms with van der Waals surface area (Å²) < 4.78 is 24.0. The molecule has 0 bridgehead atoms. The number of carbonyl (C=O) groups is 1. The van der Waals surface area contributed by atoms with E-state index in [1.54, 1.807) is 30.3 Å². The standard InChI is InChI=1S/C14H14O4S/c1-9(14(15)16)11-8-7-10-5-3-4-6-12(10)13(11)19(2,17)18/h3-9H,1-2H3,(H,15,16). The Labute approximate surface area is 111 Å². The van der Waals surface area contributed by atoms with Crippen LogP contribution in [0.1, 0.15) is 18.4 Å². The highest BCUT2D eigenvalue weighted by Crippen LogP contribution is 2.31. The minimum atomic E-state index is -3.50.